The molecule has 0 saturated carbocycles. The Morgan fingerprint density at radius 1 is 1.39 bits per heavy atom. The van der Waals surface area contributed by atoms with Gasteiger partial charge in [-0.1, -0.05) is 11.6 Å². The molecule has 0 saturated heterocycles. The number of aryl methyl sites for hydroxylation is 1. The van der Waals surface area contributed by atoms with Crippen LogP contribution in [0.2, 0.25) is 5.02 Å². The van der Waals surface area contributed by atoms with Crippen LogP contribution in [-0.2, 0) is 13.6 Å². The molecule has 1 aromatic heterocycles. The highest BCUT2D eigenvalue weighted by molar-refractivity contribution is 6.31. The van der Waals surface area contributed by atoms with Crippen LogP contribution in [0, 0.1) is 0 Å². The van der Waals surface area contributed by atoms with Crippen molar-refractivity contribution >= 4 is 22.5 Å². The molecule has 1 heterocycles. The number of hydrogen-bond acceptors (Lipinski definition) is 3. The first kappa shape index (κ1) is 12.9. The van der Waals surface area contributed by atoms with Crippen molar-refractivity contribution in [1.82, 2.24) is 9.13 Å². The first-order valence-electron chi connectivity index (χ1n) is 5.56. The molecule has 18 heavy (non-hydrogen) atoms. The van der Waals surface area contributed by atoms with Crippen molar-refractivity contribution in [3.05, 3.63) is 44.1 Å². The van der Waals surface area contributed by atoms with E-state index in [0.717, 1.165) is 4.57 Å². The maximum absolute atomic E-state index is 12.2. The highest BCUT2D eigenvalue weighted by Crippen LogP contribution is 2.14. The lowest BCUT2D eigenvalue weighted by Crippen LogP contribution is -2.42. The van der Waals surface area contributed by atoms with Gasteiger partial charge in [-0.2, -0.15) is 0 Å². The average Bonchev–Trinajstić information content (AvgIpc) is 2.31. The Labute approximate surface area is 108 Å². The summed E-state index contributed by atoms with van der Waals surface area (Å²) in [5, 5.41) is 0.948. The molecule has 96 valence electrons. The van der Waals surface area contributed by atoms with E-state index in [4.69, 9.17) is 17.3 Å². The zero-order valence-corrected chi connectivity index (χ0v) is 10.9. The summed E-state index contributed by atoms with van der Waals surface area (Å²) in [5.41, 5.74) is 5.46. The molecule has 0 spiro atoms. The third-order valence-electron chi connectivity index (χ3n) is 2.79. The van der Waals surface area contributed by atoms with Crippen molar-refractivity contribution in [2.75, 3.05) is 0 Å². The summed E-state index contributed by atoms with van der Waals surface area (Å²) >= 11 is 5.88. The second-order valence-electron chi connectivity index (χ2n) is 4.40. The molecule has 0 aliphatic heterocycles. The molecule has 0 bridgehead atoms. The number of nitrogens with zero attached hydrogens (tertiary/aromatic N) is 2. The van der Waals surface area contributed by atoms with Crippen LogP contribution < -0.4 is 17.0 Å². The molecule has 5 nitrogen and oxygen atoms in total. The van der Waals surface area contributed by atoms with E-state index in [1.54, 1.807) is 32.2 Å². The second kappa shape index (κ2) is 4.59. The molecule has 1 unspecified atom stereocenters. The van der Waals surface area contributed by atoms with Gasteiger partial charge in [-0.15, -0.1) is 0 Å². The molecule has 0 aliphatic carbocycles. The molecular formula is C12H14ClN3O2. The van der Waals surface area contributed by atoms with Gasteiger partial charge >= 0.3 is 5.69 Å². The average molecular weight is 268 g/mol. The van der Waals surface area contributed by atoms with Crippen molar-refractivity contribution < 1.29 is 0 Å². The normalized spacial score (nSPS) is 12.9. The van der Waals surface area contributed by atoms with Crippen LogP contribution in [0.1, 0.15) is 6.92 Å². The molecule has 0 amide bonds. The van der Waals surface area contributed by atoms with Gasteiger partial charge in [0.2, 0.25) is 0 Å². The fourth-order valence-electron chi connectivity index (χ4n) is 1.93. The third kappa shape index (κ3) is 2.07. The van der Waals surface area contributed by atoms with Gasteiger partial charge in [-0.05, 0) is 25.1 Å². The van der Waals surface area contributed by atoms with E-state index in [0.29, 0.717) is 15.9 Å². The van der Waals surface area contributed by atoms with E-state index in [1.807, 2.05) is 0 Å². The van der Waals surface area contributed by atoms with Crippen molar-refractivity contribution in [2.24, 2.45) is 12.8 Å². The van der Waals surface area contributed by atoms with Crippen molar-refractivity contribution in [3.63, 3.8) is 0 Å². The van der Waals surface area contributed by atoms with E-state index in [-0.39, 0.29) is 23.8 Å². The number of halogens is 1. The van der Waals surface area contributed by atoms with Gasteiger partial charge < -0.3 is 5.73 Å². The number of benzene rings is 1. The van der Waals surface area contributed by atoms with E-state index >= 15 is 0 Å². The van der Waals surface area contributed by atoms with Gasteiger partial charge in [0, 0.05) is 24.7 Å². The molecule has 0 aliphatic rings. The Kier molecular flexibility index (Phi) is 3.28. The lowest BCUT2D eigenvalue weighted by molar-refractivity contribution is 0.538. The topological polar surface area (TPSA) is 70.0 Å². The Morgan fingerprint density at radius 2 is 2.06 bits per heavy atom. The van der Waals surface area contributed by atoms with Crippen molar-refractivity contribution in [1.29, 1.82) is 0 Å². The zero-order valence-electron chi connectivity index (χ0n) is 10.2. The number of hydrogen-bond donors (Lipinski definition) is 1. The highest BCUT2D eigenvalue weighted by Gasteiger charge is 2.12. The van der Waals surface area contributed by atoms with E-state index in [1.165, 1.54) is 4.57 Å². The van der Waals surface area contributed by atoms with Gasteiger partial charge in [-0.3, -0.25) is 13.9 Å². The van der Waals surface area contributed by atoms with Crippen LogP contribution in [0.3, 0.4) is 0 Å². The van der Waals surface area contributed by atoms with Gasteiger partial charge in [0.25, 0.3) is 5.56 Å². The fraction of sp³-hybridized carbons (Fsp3) is 0.333. The zero-order chi connectivity index (χ0) is 13.4. The lowest BCUT2D eigenvalue weighted by atomic mass is 10.2. The number of fused-ring (bicyclic) bond motifs is 1. The van der Waals surface area contributed by atoms with Crippen LogP contribution in [0.4, 0.5) is 0 Å². The minimum Gasteiger partial charge on any atom is -0.326 e. The number of aromatic nitrogens is 2. The first-order chi connectivity index (χ1) is 8.41. The molecule has 0 fully saturated rings. The molecule has 2 N–H and O–H groups in total. The van der Waals surface area contributed by atoms with Gasteiger partial charge in [0.15, 0.2) is 0 Å². The summed E-state index contributed by atoms with van der Waals surface area (Å²) < 4.78 is 2.56. The SMILES string of the molecule is CC(N)Cn1c(=O)c2ccc(Cl)cc2n(C)c1=O. The summed E-state index contributed by atoms with van der Waals surface area (Å²) in [6.07, 6.45) is 0. The smallest absolute Gasteiger partial charge is 0.326 e. The van der Waals surface area contributed by atoms with Crippen LogP contribution >= 0.6 is 11.6 Å². The predicted molar refractivity (Wildman–Crippen MR) is 72.1 cm³/mol. The Morgan fingerprint density at radius 3 is 2.67 bits per heavy atom. The van der Waals surface area contributed by atoms with Crippen LogP contribution in [0.25, 0.3) is 10.9 Å². The highest BCUT2D eigenvalue weighted by atomic mass is 35.5. The largest absolute Gasteiger partial charge is 0.331 e. The summed E-state index contributed by atoms with van der Waals surface area (Å²) in [6.45, 7) is 1.95. The number of rotatable bonds is 2. The van der Waals surface area contributed by atoms with E-state index in [9.17, 15) is 9.59 Å². The van der Waals surface area contributed by atoms with Gasteiger partial charge in [0.05, 0.1) is 10.9 Å². The molecule has 0 radical (unpaired) electrons. The second-order valence-corrected chi connectivity index (χ2v) is 4.83. The van der Waals surface area contributed by atoms with E-state index < -0.39 is 0 Å². The molecule has 1 aromatic carbocycles. The van der Waals surface area contributed by atoms with Crippen molar-refractivity contribution in [2.45, 2.75) is 19.5 Å². The Balaban J connectivity index is 2.88. The van der Waals surface area contributed by atoms with Gasteiger partial charge in [0.1, 0.15) is 0 Å². The molecule has 1 atom stereocenters. The standard InChI is InChI=1S/C12H14ClN3O2/c1-7(14)6-16-11(17)9-4-3-8(13)5-10(9)15(2)12(16)18/h3-5,7H,6,14H2,1-2H3. The maximum atomic E-state index is 12.2. The van der Waals surface area contributed by atoms with E-state index in [2.05, 4.69) is 0 Å². The molecule has 2 aromatic rings. The summed E-state index contributed by atoms with van der Waals surface area (Å²) in [5.74, 6) is 0. The molecular weight excluding hydrogens is 254 g/mol. The minimum atomic E-state index is -0.382. The third-order valence-corrected chi connectivity index (χ3v) is 3.02. The van der Waals surface area contributed by atoms with Gasteiger partial charge in [-0.25, -0.2) is 4.79 Å². The summed E-state index contributed by atoms with van der Waals surface area (Å²) in [6, 6.07) is 4.60. The monoisotopic (exact) mass is 267 g/mol. The molecule has 6 heteroatoms. The molecule has 2 rings (SSSR count). The van der Waals surface area contributed by atoms with Crippen molar-refractivity contribution in [3.8, 4) is 0 Å². The fourth-order valence-corrected chi connectivity index (χ4v) is 2.09. The summed E-state index contributed by atoms with van der Waals surface area (Å²) in [4.78, 5) is 24.3. The Hall–Kier alpha value is -1.59. The minimum absolute atomic E-state index is 0.198. The predicted octanol–water partition coefficient (Wildman–Crippen LogP) is 0.701. The van der Waals surface area contributed by atoms with Crippen LogP contribution in [0.5, 0.6) is 0 Å². The summed E-state index contributed by atoms with van der Waals surface area (Å²) in [7, 11) is 1.61. The Bertz CT molecular complexity index is 716. The number of nitrogens with two attached hydrogens (primary N) is 1. The van der Waals surface area contributed by atoms with Crippen LogP contribution in [0.15, 0.2) is 27.8 Å². The van der Waals surface area contributed by atoms with Crippen LogP contribution in [-0.4, -0.2) is 15.2 Å². The quantitative estimate of drug-likeness (QED) is 0.871. The first-order valence-corrected chi connectivity index (χ1v) is 5.94. The lowest BCUT2D eigenvalue weighted by Gasteiger charge is -2.12. The maximum Gasteiger partial charge on any atom is 0.331 e.